The second-order valence-corrected chi connectivity index (χ2v) is 6.87. The molecule has 7 heteroatoms. The highest BCUT2D eigenvalue weighted by molar-refractivity contribution is 7.13. The van der Waals surface area contributed by atoms with Crippen molar-refractivity contribution in [1.82, 2.24) is 14.9 Å². The molecule has 1 aliphatic rings. The van der Waals surface area contributed by atoms with Crippen LogP contribution in [-0.2, 0) is 4.79 Å². The molecule has 1 N–H and O–H groups in total. The molecule has 0 radical (unpaired) electrons. The number of hydrogen-bond donors (Lipinski definition) is 1. The molecular weight excluding hydrogens is 304 g/mol. The molecule has 0 aliphatic carbocycles. The average molecular weight is 322 g/mol. The van der Waals surface area contributed by atoms with E-state index >= 15 is 0 Å². The van der Waals surface area contributed by atoms with Crippen LogP contribution in [0.5, 0.6) is 0 Å². The van der Waals surface area contributed by atoms with Crippen molar-refractivity contribution in [2.24, 2.45) is 0 Å². The molecule has 1 amide bonds. The maximum Gasteiger partial charge on any atom is 0.227 e. The van der Waals surface area contributed by atoms with Gasteiger partial charge in [-0.3, -0.25) is 9.69 Å². The number of carbonyl (C=O) groups is 1. The Bertz CT molecular complexity index is 556. The lowest BCUT2D eigenvalue weighted by Crippen LogP contribution is -2.35. The van der Waals surface area contributed by atoms with E-state index in [2.05, 4.69) is 20.2 Å². The summed E-state index contributed by atoms with van der Waals surface area (Å²) in [5, 5.41) is 8.58. The standard InChI is InChI=1S/C14H18N4OS2/c19-12(17-14-16-6-10-21-14)4-8-18-7-2-1-3-11(18)13-15-5-9-20-13/h5-6,9-11H,1-4,7-8H2,(H,16,17,19)/t11-/m0/s1. The van der Waals surface area contributed by atoms with E-state index in [9.17, 15) is 4.79 Å². The lowest BCUT2D eigenvalue weighted by molar-refractivity contribution is -0.116. The predicted molar refractivity (Wildman–Crippen MR) is 85.6 cm³/mol. The maximum atomic E-state index is 12.0. The van der Waals surface area contributed by atoms with Crippen molar-refractivity contribution in [3.8, 4) is 0 Å². The molecule has 21 heavy (non-hydrogen) atoms. The number of carbonyl (C=O) groups excluding carboxylic acids is 1. The molecule has 0 aromatic carbocycles. The monoisotopic (exact) mass is 322 g/mol. The fourth-order valence-electron chi connectivity index (χ4n) is 2.65. The Morgan fingerprint density at radius 1 is 1.29 bits per heavy atom. The molecule has 2 aromatic rings. The van der Waals surface area contributed by atoms with E-state index in [1.807, 2.05) is 17.0 Å². The first-order valence-electron chi connectivity index (χ1n) is 7.16. The molecular formula is C14H18N4OS2. The van der Waals surface area contributed by atoms with Gasteiger partial charge in [0, 0.05) is 36.1 Å². The first-order valence-corrected chi connectivity index (χ1v) is 8.91. The summed E-state index contributed by atoms with van der Waals surface area (Å²) >= 11 is 3.16. The van der Waals surface area contributed by atoms with Gasteiger partial charge in [-0.05, 0) is 19.4 Å². The number of thiazole rings is 2. The number of likely N-dealkylation sites (tertiary alicyclic amines) is 1. The van der Waals surface area contributed by atoms with Gasteiger partial charge in [0.1, 0.15) is 5.01 Å². The van der Waals surface area contributed by atoms with Crippen molar-refractivity contribution in [3.05, 3.63) is 28.2 Å². The number of nitrogens with zero attached hydrogens (tertiary/aromatic N) is 3. The van der Waals surface area contributed by atoms with Gasteiger partial charge in [-0.25, -0.2) is 9.97 Å². The molecule has 1 atom stereocenters. The fraction of sp³-hybridized carbons (Fsp3) is 0.500. The van der Waals surface area contributed by atoms with Gasteiger partial charge >= 0.3 is 0 Å². The number of nitrogens with one attached hydrogen (secondary N) is 1. The third-order valence-electron chi connectivity index (χ3n) is 3.65. The largest absolute Gasteiger partial charge is 0.302 e. The van der Waals surface area contributed by atoms with Crippen LogP contribution < -0.4 is 5.32 Å². The Morgan fingerprint density at radius 3 is 2.90 bits per heavy atom. The maximum absolute atomic E-state index is 12.0. The van der Waals surface area contributed by atoms with Gasteiger partial charge in [0.25, 0.3) is 0 Å². The summed E-state index contributed by atoms with van der Waals surface area (Å²) in [7, 11) is 0. The highest BCUT2D eigenvalue weighted by atomic mass is 32.1. The zero-order valence-electron chi connectivity index (χ0n) is 11.7. The summed E-state index contributed by atoms with van der Waals surface area (Å²) in [6.45, 7) is 1.83. The Labute approximate surface area is 132 Å². The minimum Gasteiger partial charge on any atom is -0.302 e. The van der Waals surface area contributed by atoms with Crippen molar-refractivity contribution in [3.63, 3.8) is 0 Å². The zero-order chi connectivity index (χ0) is 14.5. The van der Waals surface area contributed by atoms with E-state index in [0.717, 1.165) is 19.5 Å². The van der Waals surface area contributed by atoms with Crippen LogP contribution in [0.2, 0.25) is 0 Å². The predicted octanol–water partition coefficient (Wildman–Crippen LogP) is 3.16. The molecule has 0 bridgehead atoms. The van der Waals surface area contributed by atoms with E-state index in [4.69, 9.17) is 0 Å². The summed E-state index contributed by atoms with van der Waals surface area (Å²) in [5.41, 5.74) is 0. The SMILES string of the molecule is O=C(CCN1CCCC[C@H]1c1nccs1)Nc1nccs1. The Hall–Kier alpha value is -1.31. The van der Waals surface area contributed by atoms with Gasteiger partial charge in [-0.15, -0.1) is 22.7 Å². The average Bonchev–Trinajstić information content (AvgIpc) is 3.18. The lowest BCUT2D eigenvalue weighted by Gasteiger charge is -2.34. The van der Waals surface area contributed by atoms with Crippen LogP contribution in [0.1, 0.15) is 36.7 Å². The third kappa shape index (κ3) is 3.87. The van der Waals surface area contributed by atoms with Crippen LogP contribution >= 0.6 is 22.7 Å². The van der Waals surface area contributed by atoms with E-state index in [1.165, 1.54) is 29.2 Å². The molecule has 1 fully saturated rings. The minimum absolute atomic E-state index is 0.0356. The Kier molecular flexibility index (Phi) is 4.95. The highest BCUT2D eigenvalue weighted by Gasteiger charge is 2.25. The van der Waals surface area contributed by atoms with Gasteiger partial charge in [-0.2, -0.15) is 0 Å². The van der Waals surface area contributed by atoms with Gasteiger partial charge < -0.3 is 5.32 Å². The molecule has 0 unspecified atom stereocenters. The number of piperidine rings is 1. The molecule has 1 saturated heterocycles. The summed E-state index contributed by atoms with van der Waals surface area (Å²) in [6.07, 6.45) is 7.65. The van der Waals surface area contributed by atoms with Crippen LogP contribution in [0, 0.1) is 0 Å². The summed E-state index contributed by atoms with van der Waals surface area (Å²) < 4.78 is 0. The fourth-order valence-corrected chi connectivity index (χ4v) is 4.00. The van der Waals surface area contributed by atoms with Crippen LogP contribution in [0.4, 0.5) is 5.13 Å². The summed E-state index contributed by atoms with van der Waals surface area (Å²) in [6, 6.07) is 0.381. The van der Waals surface area contributed by atoms with Crippen molar-refractivity contribution in [2.45, 2.75) is 31.7 Å². The molecule has 3 rings (SSSR count). The van der Waals surface area contributed by atoms with E-state index < -0.39 is 0 Å². The molecule has 0 spiro atoms. The third-order valence-corrected chi connectivity index (χ3v) is 5.22. The first-order chi connectivity index (χ1) is 10.3. The molecule has 112 valence electrons. The molecule has 5 nitrogen and oxygen atoms in total. The van der Waals surface area contributed by atoms with Crippen molar-refractivity contribution >= 4 is 33.7 Å². The Balaban J connectivity index is 1.54. The smallest absolute Gasteiger partial charge is 0.227 e. The molecule has 3 heterocycles. The Morgan fingerprint density at radius 2 is 2.14 bits per heavy atom. The van der Waals surface area contributed by atoms with Crippen molar-refractivity contribution in [2.75, 3.05) is 18.4 Å². The van der Waals surface area contributed by atoms with Gasteiger partial charge in [-0.1, -0.05) is 6.42 Å². The quantitative estimate of drug-likeness (QED) is 0.918. The number of aromatic nitrogens is 2. The summed E-state index contributed by atoms with van der Waals surface area (Å²) in [4.78, 5) is 22.9. The zero-order valence-corrected chi connectivity index (χ0v) is 13.3. The van der Waals surface area contributed by atoms with Gasteiger partial charge in [0.05, 0.1) is 6.04 Å². The highest BCUT2D eigenvalue weighted by Crippen LogP contribution is 2.31. The van der Waals surface area contributed by atoms with Gasteiger partial charge in [0.15, 0.2) is 5.13 Å². The van der Waals surface area contributed by atoms with Crippen molar-refractivity contribution < 1.29 is 4.79 Å². The van der Waals surface area contributed by atoms with Crippen LogP contribution in [0.25, 0.3) is 0 Å². The topological polar surface area (TPSA) is 58.1 Å². The van der Waals surface area contributed by atoms with Crippen LogP contribution in [-0.4, -0.2) is 33.9 Å². The minimum atomic E-state index is 0.0356. The second-order valence-electron chi connectivity index (χ2n) is 5.05. The van der Waals surface area contributed by atoms with E-state index in [0.29, 0.717) is 17.6 Å². The molecule has 0 saturated carbocycles. The van der Waals surface area contributed by atoms with E-state index in [-0.39, 0.29) is 5.91 Å². The first kappa shape index (κ1) is 14.6. The molecule has 2 aromatic heterocycles. The second kappa shape index (κ2) is 7.11. The van der Waals surface area contributed by atoms with E-state index in [1.54, 1.807) is 17.5 Å². The van der Waals surface area contributed by atoms with Gasteiger partial charge in [0.2, 0.25) is 5.91 Å². The van der Waals surface area contributed by atoms with Crippen LogP contribution in [0.3, 0.4) is 0 Å². The summed E-state index contributed by atoms with van der Waals surface area (Å²) in [5.74, 6) is 0.0356. The van der Waals surface area contributed by atoms with Crippen molar-refractivity contribution in [1.29, 1.82) is 0 Å². The number of hydrogen-bond acceptors (Lipinski definition) is 6. The molecule has 1 aliphatic heterocycles. The number of amides is 1. The number of rotatable bonds is 5. The lowest BCUT2D eigenvalue weighted by atomic mass is 10.0. The van der Waals surface area contributed by atoms with Crippen LogP contribution in [0.15, 0.2) is 23.2 Å². The number of anilines is 1. The normalized spacial score (nSPS) is 19.5.